The van der Waals surface area contributed by atoms with E-state index in [0.29, 0.717) is 5.56 Å². The molecule has 0 radical (unpaired) electrons. The third kappa shape index (κ3) is 4.25. The van der Waals surface area contributed by atoms with E-state index in [-0.39, 0.29) is 5.76 Å². The molecule has 21 heavy (non-hydrogen) atoms. The third-order valence-electron chi connectivity index (χ3n) is 2.32. The van der Waals surface area contributed by atoms with Gasteiger partial charge in [0.25, 0.3) is 5.91 Å². The summed E-state index contributed by atoms with van der Waals surface area (Å²) in [5.74, 6) is -0.362. The lowest BCUT2D eigenvalue weighted by molar-refractivity contribution is 0.0955. The topological polar surface area (TPSA) is 109 Å². The first-order valence-electron chi connectivity index (χ1n) is 5.52. The molecule has 0 aliphatic rings. The van der Waals surface area contributed by atoms with Crippen molar-refractivity contribution in [1.29, 1.82) is 0 Å². The summed E-state index contributed by atoms with van der Waals surface area (Å²) in [6, 6.07) is 9.01. The maximum atomic E-state index is 11.7. The van der Waals surface area contributed by atoms with Gasteiger partial charge in [-0.3, -0.25) is 9.35 Å². The molecule has 0 saturated heterocycles. The van der Waals surface area contributed by atoms with E-state index < -0.39 is 21.1 Å². The van der Waals surface area contributed by atoms with Gasteiger partial charge < -0.3 is 4.42 Å². The minimum atomic E-state index is -4.39. The molecule has 0 fully saturated rings. The van der Waals surface area contributed by atoms with Crippen molar-refractivity contribution in [2.24, 2.45) is 5.10 Å². The van der Waals surface area contributed by atoms with Gasteiger partial charge in [-0.15, -0.1) is 0 Å². The quantitative estimate of drug-likeness (QED) is 0.484. The summed E-state index contributed by atoms with van der Waals surface area (Å²) in [6.45, 7) is 0. The van der Waals surface area contributed by atoms with Crippen molar-refractivity contribution in [2.45, 2.75) is 5.09 Å². The van der Waals surface area contributed by atoms with Gasteiger partial charge >= 0.3 is 10.1 Å². The van der Waals surface area contributed by atoms with Crippen LogP contribution in [0.25, 0.3) is 0 Å². The van der Waals surface area contributed by atoms with Crippen molar-refractivity contribution >= 4 is 38.2 Å². The van der Waals surface area contributed by atoms with E-state index in [2.05, 4.69) is 26.5 Å². The molecule has 1 amide bonds. The molecule has 9 heteroatoms. The molecule has 1 aromatic heterocycles. The summed E-state index contributed by atoms with van der Waals surface area (Å²) >= 11 is 3.25. The van der Waals surface area contributed by atoms with Gasteiger partial charge in [-0.05, 0) is 36.4 Å². The monoisotopic (exact) mass is 372 g/mol. The summed E-state index contributed by atoms with van der Waals surface area (Å²) in [7, 11) is -4.39. The van der Waals surface area contributed by atoms with Gasteiger partial charge in [0.05, 0.1) is 6.21 Å². The van der Waals surface area contributed by atoms with E-state index in [4.69, 9.17) is 8.97 Å². The fraction of sp³-hybridized carbons (Fsp3) is 0. The first-order valence-corrected chi connectivity index (χ1v) is 7.76. The van der Waals surface area contributed by atoms with Crippen molar-refractivity contribution in [2.75, 3.05) is 0 Å². The van der Waals surface area contributed by atoms with E-state index in [0.717, 1.165) is 16.8 Å². The number of amides is 1. The lowest BCUT2D eigenvalue weighted by Crippen LogP contribution is -2.17. The highest BCUT2D eigenvalue weighted by atomic mass is 79.9. The van der Waals surface area contributed by atoms with E-state index >= 15 is 0 Å². The maximum absolute atomic E-state index is 11.7. The number of hydrogen-bond acceptors (Lipinski definition) is 5. The highest BCUT2D eigenvalue weighted by molar-refractivity contribution is 9.10. The predicted molar refractivity (Wildman–Crippen MR) is 77.7 cm³/mol. The van der Waals surface area contributed by atoms with E-state index in [1.54, 1.807) is 24.3 Å². The Labute approximate surface area is 128 Å². The van der Waals surface area contributed by atoms with Crippen LogP contribution in [0.4, 0.5) is 0 Å². The maximum Gasteiger partial charge on any atom is 0.328 e. The largest absolute Gasteiger partial charge is 0.441 e. The minimum absolute atomic E-state index is 0.0683. The summed E-state index contributed by atoms with van der Waals surface area (Å²) in [6.07, 6.45) is 1.12. The van der Waals surface area contributed by atoms with Crippen molar-refractivity contribution in [3.05, 3.63) is 52.2 Å². The Morgan fingerprint density at radius 3 is 2.48 bits per heavy atom. The molecule has 0 bridgehead atoms. The Hall–Kier alpha value is -1.97. The van der Waals surface area contributed by atoms with E-state index in [1.165, 1.54) is 6.07 Å². The molecule has 0 spiro atoms. The Morgan fingerprint density at radius 1 is 1.24 bits per heavy atom. The number of hydrazone groups is 1. The molecule has 1 heterocycles. The van der Waals surface area contributed by atoms with Gasteiger partial charge in [-0.1, -0.05) is 15.9 Å². The zero-order valence-electron chi connectivity index (χ0n) is 10.4. The van der Waals surface area contributed by atoms with Crippen molar-refractivity contribution < 1.29 is 22.2 Å². The SMILES string of the molecule is O=C(NN=Cc1ccc(S(=O)(=O)O)o1)c1ccc(Br)cc1. The van der Waals surface area contributed by atoms with Gasteiger partial charge in [0, 0.05) is 10.0 Å². The molecule has 1 aromatic carbocycles. The highest BCUT2D eigenvalue weighted by Crippen LogP contribution is 2.12. The van der Waals surface area contributed by atoms with Crippen LogP contribution >= 0.6 is 15.9 Å². The minimum Gasteiger partial charge on any atom is -0.441 e. The molecule has 110 valence electrons. The third-order valence-corrected chi connectivity index (χ3v) is 3.58. The Morgan fingerprint density at radius 2 is 1.90 bits per heavy atom. The fourth-order valence-corrected chi connectivity index (χ4v) is 2.07. The van der Waals surface area contributed by atoms with E-state index in [1.807, 2.05) is 0 Å². The second kappa shape index (κ2) is 6.20. The van der Waals surface area contributed by atoms with Crippen LogP contribution in [0.2, 0.25) is 0 Å². The van der Waals surface area contributed by atoms with Gasteiger partial charge in [-0.25, -0.2) is 5.43 Å². The van der Waals surface area contributed by atoms with Gasteiger partial charge in [-0.2, -0.15) is 13.5 Å². The average molecular weight is 373 g/mol. The molecule has 2 rings (SSSR count). The number of carbonyl (C=O) groups is 1. The molecule has 7 nitrogen and oxygen atoms in total. The summed E-state index contributed by atoms with van der Waals surface area (Å²) in [5.41, 5.74) is 2.67. The number of carbonyl (C=O) groups excluding carboxylic acids is 1. The molecule has 0 saturated carbocycles. The fourth-order valence-electron chi connectivity index (χ4n) is 1.36. The zero-order valence-corrected chi connectivity index (χ0v) is 12.8. The summed E-state index contributed by atoms with van der Waals surface area (Å²) in [4.78, 5) is 11.7. The molecule has 0 atom stereocenters. The second-order valence-corrected chi connectivity index (χ2v) is 6.11. The van der Waals surface area contributed by atoms with Crippen LogP contribution in [-0.4, -0.2) is 25.1 Å². The number of hydrogen-bond donors (Lipinski definition) is 2. The van der Waals surface area contributed by atoms with Crippen LogP contribution in [0.1, 0.15) is 16.1 Å². The molecular weight excluding hydrogens is 364 g/mol. The van der Waals surface area contributed by atoms with Crippen LogP contribution in [0.5, 0.6) is 0 Å². The lowest BCUT2D eigenvalue weighted by atomic mass is 10.2. The van der Waals surface area contributed by atoms with Crippen LogP contribution in [0.3, 0.4) is 0 Å². The van der Waals surface area contributed by atoms with Crippen molar-refractivity contribution in [3.8, 4) is 0 Å². The number of nitrogens with zero attached hydrogens (tertiary/aromatic N) is 1. The van der Waals surface area contributed by atoms with Crippen LogP contribution < -0.4 is 5.43 Å². The molecule has 2 N–H and O–H groups in total. The van der Waals surface area contributed by atoms with Crippen molar-refractivity contribution in [3.63, 3.8) is 0 Å². The van der Waals surface area contributed by atoms with Crippen LogP contribution in [-0.2, 0) is 10.1 Å². The number of rotatable bonds is 4. The first-order chi connectivity index (χ1) is 9.86. The zero-order chi connectivity index (χ0) is 15.5. The molecule has 0 aliphatic heterocycles. The predicted octanol–water partition coefficient (Wildman–Crippen LogP) is 2.05. The van der Waals surface area contributed by atoms with Crippen LogP contribution in [0, 0.1) is 0 Å². The van der Waals surface area contributed by atoms with Gasteiger partial charge in [0.2, 0.25) is 5.09 Å². The first kappa shape index (κ1) is 15.4. The summed E-state index contributed by atoms with van der Waals surface area (Å²) < 4.78 is 36.0. The average Bonchev–Trinajstić information content (AvgIpc) is 2.88. The number of nitrogens with one attached hydrogen (secondary N) is 1. The Bertz CT molecular complexity index is 780. The molecule has 0 aliphatic carbocycles. The van der Waals surface area contributed by atoms with Gasteiger partial charge in [0.1, 0.15) is 5.76 Å². The van der Waals surface area contributed by atoms with Crippen LogP contribution in [0.15, 0.2) is 55.5 Å². The smallest absolute Gasteiger partial charge is 0.328 e. The van der Waals surface area contributed by atoms with E-state index in [9.17, 15) is 13.2 Å². The number of furan rings is 1. The lowest BCUT2D eigenvalue weighted by Gasteiger charge is -1.99. The van der Waals surface area contributed by atoms with Gasteiger partial charge in [0.15, 0.2) is 0 Å². The normalized spacial score (nSPS) is 11.7. The number of benzene rings is 1. The molecule has 0 unspecified atom stereocenters. The number of halogens is 1. The highest BCUT2D eigenvalue weighted by Gasteiger charge is 2.14. The standard InChI is InChI=1S/C12H9BrN2O5S/c13-9-3-1-8(2-4-9)12(16)15-14-7-10-5-6-11(20-10)21(17,18)19/h1-7H,(H,15,16)(H,17,18,19). The summed E-state index contributed by atoms with van der Waals surface area (Å²) in [5, 5.41) is 3.03. The molecular formula is C12H9BrN2O5S. The Kier molecular flexibility index (Phi) is 4.56. The molecule has 2 aromatic rings. The Balaban J connectivity index is 2.01. The second-order valence-electron chi connectivity index (χ2n) is 3.84. The van der Waals surface area contributed by atoms with Crippen molar-refractivity contribution in [1.82, 2.24) is 5.43 Å².